The van der Waals surface area contributed by atoms with Gasteiger partial charge in [0.1, 0.15) is 0 Å². The molecular formula is C12H15BrN2. The van der Waals surface area contributed by atoms with Crippen molar-refractivity contribution >= 4 is 26.8 Å². The first-order chi connectivity index (χ1) is 7.09. The van der Waals surface area contributed by atoms with Gasteiger partial charge < -0.3 is 10.7 Å². The Balaban J connectivity index is 2.63. The van der Waals surface area contributed by atoms with E-state index in [4.69, 9.17) is 5.73 Å². The lowest BCUT2D eigenvalue weighted by atomic mass is 10.0. The summed E-state index contributed by atoms with van der Waals surface area (Å²) in [5.41, 5.74) is 9.58. The van der Waals surface area contributed by atoms with Crippen LogP contribution < -0.4 is 5.73 Å². The van der Waals surface area contributed by atoms with Gasteiger partial charge in [0.05, 0.1) is 5.52 Å². The summed E-state index contributed by atoms with van der Waals surface area (Å²) in [6.07, 6.45) is 0.919. The molecule has 2 nitrogen and oxygen atoms in total. The van der Waals surface area contributed by atoms with E-state index in [0.29, 0.717) is 0 Å². The topological polar surface area (TPSA) is 41.8 Å². The average molecular weight is 267 g/mol. The molecule has 0 aliphatic heterocycles. The van der Waals surface area contributed by atoms with Crippen molar-refractivity contribution < 1.29 is 0 Å². The van der Waals surface area contributed by atoms with Crippen molar-refractivity contribution in [3.8, 4) is 0 Å². The summed E-state index contributed by atoms with van der Waals surface area (Å²) in [5.74, 6) is 0. The molecule has 0 aliphatic rings. The Hall–Kier alpha value is -0.800. The summed E-state index contributed by atoms with van der Waals surface area (Å²) in [6, 6.07) is 6.45. The number of nitrogens with one attached hydrogen (secondary N) is 1. The van der Waals surface area contributed by atoms with Gasteiger partial charge in [0.15, 0.2) is 0 Å². The number of fused-ring (bicyclic) bond motifs is 1. The van der Waals surface area contributed by atoms with Gasteiger partial charge in [0, 0.05) is 21.6 Å². The Morgan fingerprint density at radius 1 is 1.47 bits per heavy atom. The van der Waals surface area contributed by atoms with Crippen LogP contribution >= 0.6 is 15.9 Å². The number of hydrogen-bond acceptors (Lipinski definition) is 1. The number of aryl methyl sites for hydroxylation is 1. The Bertz CT molecular complexity index is 486. The van der Waals surface area contributed by atoms with Crippen LogP contribution in [-0.2, 0) is 6.42 Å². The van der Waals surface area contributed by atoms with Crippen LogP contribution in [0.1, 0.15) is 18.2 Å². The van der Waals surface area contributed by atoms with Gasteiger partial charge in [0.25, 0.3) is 0 Å². The highest BCUT2D eigenvalue weighted by Gasteiger charge is 2.11. The van der Waals surface area contributed by atoms with Crippen LogP contribution in [-0.4, -0.2) is 11.0 Å². The van der Waals surface area contributed by atoms with Crippen molar-refractivity contribution in [1.82, 2.24) is 4.98 Å². The molecule has 2 rings (SSSR count). The zero-order chi connectivity index (χ0) is 11.0. The van der Waals surface area contributed by atoms with Gasteiger partial charge in [-0.3, -0.25) is 0 Å². The molecule has 0 fully saturated rings. The molecule has 0 aliphatic carbocycles. The Morgan fingerprint density at radius 3 is 2.87 bits per heavy atom. The third kappa shape index (κ3) is 1.94. The molecule has 3 N–H and O–H groups in total. The highest BCUT2D eigenvalue weighted by atomic mass is 79.9. The molecule has 0 bridgehead atoms. The lowest BCUT2D eigenvalue weighted by molar-refractivity contribution is 0.738. The molecule has 0 amide bonds. The van der Waals surface area contributed by atoms with Crippen molar-refractivity contribution in [2.24, 2.45) is 5.73 Å². The summed E-state index contributed by atoms with van der Waals surface area (Å²) in [6.45, 7) is 4.14. The number of aromatic nitrogens is 1. The van der Waals surface area contributed by atoms with Crippen LogP contribution in [0.3, 0.4) is 0 Å². The van der Waals surface area contributed by atoms with Gasteiger partial charge in [-0.2, -0.15) is 0 Å². The maximum Gasteiger partial charge on any atom is 0.0603 e. The second-order valence-electron chi connectivity index (χ2n) is 4.07. The highest BCUT2D eigenvalue weighted by Crippen LogP contribution is 2.28. The van der Waals surface area contributed by atoms with Crippen LogP contribution in [0.2, 0.25) is 0 Å². The Kier molecular flexibility index (Phi) is 2.85. The van der Waals surface area contributed by atoms with E-state index in [1.807, 2.05) is 13.0 Å². The average Bonchev–Trinajstić information content (AvgIpc) is 2.45. The number of aromatic amines is 1. The lowest BCUT2D eigenvalue weighted by Crippen LogP contribution is -2.18. The zero-order valence-electron chi connectivity index (χ0n) is 8.97. The smallest absolute Gasteiger partial charge is 0.0603 e. The number of H-pyrrole nitrogens is 1. The van der Waals surface area contributed by atoms with Crippen molar-refractivity contribution in [2.45, 2.75) is 26.3 Å². The summed E-state index contributed by atoms with van der Waals surface area (Å²) in [7, 11) is 0. The first kappa shape index (κ1) is 10.7. The fourth-order valence-corrected chi connectivity index (χ4v) is 2.42. The van der Waals surface area contributed by atoms with Crippen LogP contribution in [0.5, 0.6) is 0 Å². The molecule has 0 spiro atoms. The van der Waals surface area contributed by atoms with E-state index in [1.54, 1.807) is 0 Å². The van der Waals surface area contributed by atoms with Gasteiger partial charge in [-0.05, 0) is 47.8 Å². The van der Waals surface area contributed by atoms with Crippen molar-refractivity contribution in [2.75, 3.05) is 0 Å². The molecule has 0 radical (unpaired) electrons. The quantitative estimate of drug-likeness (QED) is 0.862. The van der Waals surface area contributed by atoms with E-state index >= 15 is 0 Å². The van der Waals surface area contributed by atoms with E-state index < -0.39 is 0 Å². The molecule has 0 saturated heterocycles. The molecule has 1 aromatic carbocycles. The summed E-state index contributed by atoms with van der Waals surface area (Å²) < 4.78 is 1.11. The van der Waals surface area contributed by atoms with Crippen LogP contribution in [0.25, 0.3) is 10.9 Å². The standard InChI is InChI=1S/C12H15BrN2/c1-7(14)6-10-8(2)15-12-9(10)4-3-5-11(12)13/h3-5,7,15H,6,14H2,1-2H3. The second-order valence-corrected chi connectivity index (χ2v) is 4.93. The predicted octanol–water partition coefficient (Wildman–Crippen LogP) is 3.13. The number of hydrogen-bond donors (Lipinski definition) is 2. The number of para-hydroxylation sites is 1. The third-order valence-electron chi connectivity index (χ3n) is 2.63. The lowest BCUT2D eigenvalue weighted by Gasteiger charge is -2.04. The molecule has 3 heteroatoms. The van der Waals surface area contributed by atoms with Gasteiger partial charge in [-0.15, -0.1) is 0 Å². The fourth-order valence-electron chi connectivity index (χ4n) is 1.95. The SMILES string of the molecule is Cc1[nH]c2c(Br)cccc2c1CC(C)N. The van der Waals surface area contributed by atoms with Crippen molar-refractivity contribution in [3.05, 3.63) is 33.9 Å². The normalized spacial score (nSPS) is 13.3. The molecule has 1 heterocycles. The van der Waals surface area contributed by atoms with E-state index in [2.05, 4.69) is 40.0 Å². The second kappa shape index (κ2) is 3.99. The maximum atomic E-state index is 5.86. The van der Waals surface area contributed by atoms with Gasteiger partial charge in [-0.1, -0.05) is 12.1 Å². The number of benzene rings is 1. The van der Waals surface area contributed by atoms with Crippen LogP contribution in [0.15, 0.2) is 22.7 Å². The zero-order valence-corrected chi connectivity index (χ0v) is 10.6. The number of rotatable bonds is 2. The first-order valence-electron chi connectivity index (χ1n) is 5.11. The van der Waals surface area contributed by atoms with Gasteiger partial charge in [-0.25, -0.2) is 0 Å². The molecule has 15 heavy (non-hydrogen) atoms. The molecule has 1 atom stereocenters. The number of nitrogens with two attached hydrogens (primary N) is 1. The first-order valence-corrected chi connectivity index (χ1v) is 5.90. The number of halogens is 1. The summed E-state index contributed by atoms with van der Waals surface area (Å²) >= 11 is 3.55. The summed E-state index contributed by atoms with van der Waals surface area (Å²) in [4.78, 5) is 3.40. The van der Waals surface area contributed by atoms with E-state index in [0.717, 1.165) is 10.9 Å². The molecule has 0 saturated carbocycles. The predicted molar refractivity (Wildman–Crippen MR) is 68.1 cm³/mol. The van der Waals surface area contributed by atoms with Crippen LogP contribution in [0.4, 0.5) is 0 Å². The maximum absolute atomic E-state index is 5.86. The molecule has 80 valence electrons. The highest BCUT2D eigenvalue weighted by molar-refractivity contribution is 9.10. The monoisotopic (exact) mass is 266 g/mol. The largest absolute Gasteiger partial charge is 0.357 e. The van der Waals surface area contributed by atoms with Crippen molar-refractivity contribution in [1.29, 1.82) is 0 Å². The van der Waals surface area contributed by atoms with E-state index in [9.17, 15) is 0 Å². The molecule has 1 unspecified atom stereocenters. The van der Waals surface area contributed by atoms with Gasteiger partial charge in [0.2, 0.25) is 0 Å². The third-order valence-corrected chi connectivity index (χ3v) is 3.29. The Morgan fingerprint density at radius 2 is 2.20 bits per heavy atom. The Labute approximate surface area is 98.0 Å². The minimum atomic E-state index is 0.196. The molecule has 2 aromatic rings. The van der Waals surface area contributed by atoms with E-state index in [-0.39, 0.29) is 6.04 Å². The molecule has 1 aromatic heterocycles. The summed E-state index contributed by atoms with van der Waals surface area (Å²) in [5, 5.41) is 1.28. The minimum absolute atomic E-state index is 0.196. The molecular weight excluding hydrogens is 252 g/mol. The van der Waals surface area contributed by atoms with Crippen molar-refractivity contribution in [3.63, 3.8) is 0 Å². The minimum Gasteiger partial charge on any atom is -0.357 e. The van der Waals surface area contributed by atoms with Crippen LogP contribution in [0, 0.1) is 6.92 Å². The van der Waals surface area contributed by atoms with E-state index in [1.165, 1.54) is 22.2 Å². The van der Waals surface area contributed by atoms with Gasteiger partial charge >= 0.3 is 0 Å². The fraction of sp³-hybridized carbons (Fsp3) is 0.333.